The molecule has 1 heterocycles. The van der Waals surface area contributed by atoms with Gasteiger partial charge in [0, 0.05) is 36.8 Å². The van der Waals surface area contributed by atoms with E-state index >= 15 is 0 Å². The van der Waals surface area contributed by atoms with Gasteiger partial charge in [-0.1, -0.05) is 42.8 Å². The molecule has 0 unspecified atom stereocenters. The fourth-order valence-corrected chi connectivity index (χ4v) is 3.20. The van der Waals surface area contributed by atoms with Crippen molar-refractivity contribution < 1.29 is 9.59 Å². The quantitative estimate of drug-likeness (QED) is 0.800. The van der Waals surface area contributed by atoms with E-state index in [2.05, 4.69) is 17.6 Å². The Morgan fingerprint density at radius 3 is 2.44 bits per heavy atom. The van der Waals surface area contributed by atoms with Gasteiger partial charge in [0.1, 0.15) is 0 Å². The monoisotopic (exact) mass is 385 g/mol. The summed E-state index contributed by atoms with van der Waals surface area (Å²) in [4.78, 5) is 26.0. The van der Waals surface area contributed by atoms with Crippen molar-refractivity contribution >= 4 is 29.2 Å². The van der Waals surface area contributed by atoms with Gasteiger partial charge in [-0.3, -0.25) is 4.79 Å². The third kappa shape index (κ3) is 5.73. The minimum atomic E-state index is -0.266. The first-order valence-electron chi connectivity index (χ1n) is 9.15. The molecule has 5 nitrogen and oxygen atoms in total. The maximum absolute atomic E-state index is 12.1. The standard InChI is InChI=1S/C21H24ClN3O2/c1-15-10-11-25(20(26)12-15)14-17-4-8-19(9-5-17)24-21(27)23-13-16-2-6-18(22)7-3-16/h2-9,15H,10-14H2,1H3,(H2,23,24,27)/t15-/m1/s1. The van der Waals surface area contributed by atoms with E-state index in [0.29, 0.717) is 36.1 Å². The van der Waals surface area contributed by atoms with Gasteiger partial charge < -0.3 is 15.5 Å². The number of benzene rings is 2. The average Bonchev–Trinajstić information content (AvgIpc) is 2.65. The average molecular weight is 386 g/mol. The topological polar surface area (TPSA) is 61.4 Å². The van der Waals surface area contributed by atoms with Crippen LogP contribution in [-0.2, 0) is 17.9 Å². The zero-order valence-corrected chi connectivity index (χ0v) is 16.1. The van der Waals surface area contributed by atoms with E-state index in [1.165, 1.54) is 0 Å². The molecule has 3 amide bonds. The first kappa shape index (κ1) is 19.2. The zero-order valence-electron chi connectivity index (χ0n) is 15.4. The van der Waals surface area contributed by atoms with Crippen molar-refractivity contribution in [3.05, 3.63) is 64.7 Å². The summed E-state index contributed by atoms with van der Waals surface area (Å²) in [5, 5.41) is 6.29. The predicted octanol–water partition coefficient (Wildman–Crippen LogP) is 4.42. The summed E-state index contributed by atoms with van der Waals surface area (Å²) < 4.78 is 0. The highest BCUT2D eigenvalue weighted by Gasteiger charge is 2.22. The maximum Gasteiger partial charge on any atom is 0.319 e. The van der Waals surface area contributed by atoms with Crippen LogP contribution < -0.4 is 10.6 Å². The molecule has 0 aromatic heterocycles. The van der Waals surface area contributed by atoms with E-state index in [0.717, 1.165) is 24.1 Å². The van der Waals surface area contributed by atoms with Crippen LogP contribution in [0.5, 0.6) is 0 Å². The minimum absolute atomic E-state index is 0.220. The minimum Gasteiger partial charge on any atom is -0.338 e. The van der Waals surface area contributed by atoms with Gasteiger partial charge in [-0.2, -0.15) is 0 Å². The molecule has 3 rings (SSSR count). The third-order valence-electron chi connectivity index (χ3n) is 4.72. The van der Waals surface area contributed by atoms with E-state index in [1.54, 1.807) is 12.1 Å². The van der Waals surface area contributed by atoms with Gasteiger partial charge in [0.25, 0.3) is 0 Å². The molecule has 0 saturated carbocycles. The van der Waals surface area contributed by atoms with Crippen LogP contribution in [0, 0.1) is 5.92 Å². The number of hydrogen-bond acceptors (Lipinski definition) is 2. The molecule has 0 radical (unpaired) electrons. The highest BCUT2D eigenvalue weighted by Crippen LogP contribution is 2.20. The van der Waals surface area contributed by atoms with Crippen molar-refractivity contribution in [2.45, 2.75) is 32.9 Å². The number of nitrogens with zero attached hydrogens (tertiary/aromatic N) is 1. The van der Waals surface area contributed by atoms with Gasteiger partial charge in [-0.25, -0.2) is 4.79 Å². The molecule has 0 bridgehead atoms. The van der Waals surface area contributed by atoms with Gasteiger partial charge in [0.05, 0.1) is 0 Å². The third-order valence-corrected chi connectivity index (χ3v) is 4.97. The van der Waals surface area contributed by atoms with Crippen molar-refractivity contribution in [2.24, 2.45) is 5.92 Å². The second-order valence-electron chi connectivity index (χ2n) is 7.04. The molecule has 1 aliphatic rings. The number of nitrogens with one attached hydrogen (secondary N) is 2. The summed E-state index contributed by atoms with van der Waals surface area (Å²) in [5.41, 5.74) is 2.75. The lowest BCUT2D eigenvalue weighted by molar-refractivity contribution is -0.135. The first-order chi connectivity index (χ1) is 13.0. The molecule has 1 saturated heterocycles. The molecule has 1 fully saturated rings. The second-order valence-corrected chi connectivity index (χ2v) is 7.48. The molecule has 27 heavy (non-hydrogen) atoms. The number of carbonyl (C=O) groups excluding carboxylic acids is 2. The molecule has 1 atom stereocenters. The van der Waals surface area contributed by atoms with Gasteiger partial charge in [-0.05, 0) is 47.7 Å². The number of hydrogen-bond donors (Lipinski definition) is 2. The van der Waals surface area contributed by atoms with Gasteiger partial charge in [0.15, 0.2) is 0 Å². The van der Waals surface area contributed by atoms with Crippen molar-refractivity contribution in [3.8, 4) is 0 Å². The Balaban J connectivity index is 1.47. The Kier molecular flexibility index (Phi) is 6.35. The number of carbonyl (C=O) groups is 2. The maximum atomic E-state index is 12.1. The molecular weight excluding hydrogens is 362 g/mol. The highest BCUT2D eigenvalue weighted by molar-refractivity contribution is 6.30. The molecule has 6 heteroatoms. The fraction of sp³-hybridized carbons (Fsp3) is 0.333. The lowest BCUT2D eigenvalue weighted by atomic mass is 9.98. The van der Waals surface area contributed by atoms with E-state index < -0.39 is 0 Å². The molecular formula is C21H24ClN3O2. The van der Waals surface area contributed by atoms with Gasteiger partial charge in [-0.15, -0.1) is 0 Å². The summed E-state index contributed by atoms with van der Waals surface area (Å²) in [6.45, 7) is 3.98. The Hall–Kier alpha value is -2.53. The van der Waals surface area contributed by atoms with Crippen LogP contribution in [0.3, 0.4) is 0 Å². The number of urea groups is 1. The normalized spacial score (nSPS) is 16.9. The number of rotatable bonds is 5. The van der Waals surface area contributed by atoms with Crippen LogP contribution in [0.25, 0.3) is 0 Å². The summed E-state index contributed by atoms with van der Waals surface area (Å²) in [5.74, 6) is 0.698. The van der Waals surface area contributed by atoms with Crippen LogP contribution in [0.4, 0.5) is 10.5 Å². The van der Waals surface area contributed by atoms with E-state index in [9.17, 15) is 9.59 Å². The molecule has 2 aromatic carbocycles. The summed E-state index contributed by atoms with van der Waals surface area (Å²) >= 11 is 5.85. The number of amides is 3. The second kappa shape index (κ2) is 8.91. The van der Waals surface area contributed by atoms with E-state index in [4.69, 9.17) is 11.6 Å². The Morgan fingerprint density at radius 2 is 1.78 bits per heavy atom. The molecule has 0 aliphatic carbocycles. The largest absolute Gasteiger partial charge is 0.338 e. The summed E-state index contributed by atoms with van der Waals surface area (Å²) in [7, 11) is 0. The van der Waals surface area contributed by atoms with Gasteiger partial charge >= 0.3 is 6.03 Å². The van der Waals surface area contributed by atoms with Crippen LogP contribution in [0.1, 0.15) is 30.9 Å². The number of halogens is 1. The number of anilines is 1. The molecule has 0 spiro atoms. The Bertz CT molecular complexity index is 790. The smallest absolute Gasteiger partial charge is 0.319 e. The van der Waals surface area contributed by atoms with Crippen LogP contribution in [0.2, 0.25) is 5.02 Å². The molecule has 2 aromatic rings. The van der Waals surface area contributed by atoms with Crippen molar-refractivity contribution in [1.82, 2.24) is 10.2 Å². The van der Waals surface area contributed by atoms with Crippen LogP contribution in [0.15, 0.2) is 48.5 Å². The SMILES string of the molecule is C[C@@H]1CCN(Cc2ccc(NC(=O)NCc3ccc(Cl)cc3)cc2)C(=O)C1. The summed E-state index contributed by atoms with van der Waals surface area (Å²) in [6, 6.07) is 14.7. The van der Waals surface area contributed by atoms with Crippen LogP contribution in [-0.4, -0.2) is 23.4 Å². The summed E-state index contributed by atoms with van der Waals surface area (Å²) in [6.07, 6.45) is 1.69. The van der Waals surface area contributed by atoms with Gasteiger partial charge in [0.2, 0.25) is 5.91 Å². The van der Waals surface area contributed by atoms with Crippen molar-refractivity contribution in [2.75, 3.05) is 11.9 Å². The Morgan fingerprint density at radius 1 is 1.11 bits per heavy atom. The number of likely N-dealkylation sites (tertiary alicyclic amines) is 1. The highest BCUT2D eigenvalue weighted by atomic mass is 35.5. The lowest BCUT2D eigenvalue weighted by Gasteiger charge is -2.30. The van der Waals surface area contributed by atoms with Crippen molar-refractivity contribution in [1.29, 1.82) is 0 Å². The van der Waals surface area contributed by atoms with Crippen LogP contribution >= 0.6 is 11.6 Å². The Labute approximate surface area is 164 Å². The molecule has 142 valence electrons. The zero-order chi connectivity index (χ0) is 19.2. The van der Waals surface area contributed by atoms with E-state index in [1.807, 2.05) is 41.3 Å². The lowest BCUT2D eigenvalue weighted by Crippen LogP contribution is -2.37. The van der Waals surface area contributed by atoms with E-state index in [-0.39, 0.29) is 11.9 Å². The fourth-order valence-electron chi connectivity index (χ4n) is 3.07. The molecule has 2 N–H and O–H groups in total. The molecule has 1 aliphatic heterocycles. The predicted molar refractivity (Wildman–Crippen MR) is 108 cm³/mol. The van der Waals surface area contributed by atoms with Crippen molar-refractivity contribution in [3.63, 3.8) is 0 Å². The number of piperidine rings is 1. The first-order valence-corrected chi connectivity index (χ1v) is 9.53.